The number of carbonyl (C=O) groups is 1. The van der Waals surface area contributed by atoms with Gasteiger partial charge < -0.3 is 10.5 Å². The first-order valence-electron chi connectivity index (χ1n) is 5.14. The number of rotatable bonds is 5. The highest BCUT2D eigenvalue weighted by Crippen LogP contribution is 2.30. The number of anilines is 1. The molecule has 0 saturated carbocycles. The number of para-hydroxylation sites is 1. The summed E-state index contributed by atoms with van der Waals surface area (Å²) < 4.78 is 27.5. The van der Waals surface area contributed by atoms with Crippen LogP contribution in [0, 0.1) is 0 Å². The molecule has 5 nitrogen and oxygen atoms in total. The van der Waals surface area contributed by atoms with E-state index < -0.39 is 9.84 Å². The minimum Gasteiger partial charge on any atom is -0.469 e. The number of esters is 1. The Bertz CT molecular complexity index is 540. The summed E-state index contributed by atoms with van der Waals surface area (Å²) in [4.78, 5) is 11.7. The van der Waals surface area contributed by atoms with Crippen LogP contribution in [0.5, 0.6) is 0 Å². The van der Waals surface area contributed by atoms with Gasteiger partial charge in [0.15, 0.2) is 9.84 Å². The molecule has 0 saturated heterocycles. The summed E-state index contributed by atoms with van der Waals surface area (Å²) in [6, 6.07) is 4.83. The van der Waals surface area contributed by atoms with E-state index in [0.717, 1.165) is 6.26 Å². The average molecular weight is 289 g/mol. The van der Waals surface area contributed by atoms with Crippen molar-refractivity contribution < 1.29 is 17.9 Å². The third kappa shape index (κ3) is 3.92. The van der Waals surface area contributed by atoms with E-state index in [1.54, 1.807) is 12.1 Å². The second-order valence-electron chi connectivity index (χ2n) is 3.61. The number of nitrogen functional groups attached to an aromatic ring is 1. The van der Waals surface area contributed by atoms with E-state index >= 15 is 0 Å². The number of thioether (sulfide) groups is 1. The summed E-state index contributed by atoms with van der Waals surface area (Å²) in [5.41, 5.74) is 6.03. The molecule has 1 aromatic rings. The number of ether oxygens (including phenoxy) is 1. The Morgan fingerprint density at radius 1 is 1.44 bits per heavy atom. The molecule has 0 aliphatic heterocycles. The third-order valence-electron chi connectivity index (χ3n) is 2.22. The van der Waals surface area contributed by atoms with Crippen LogP contribution in [0.25, 0.3) is 0 Å². The summed E-state index contributed by atoms with van der Waals surface area (Å²) >= 11 is 1.33. The molecule has 2 N–H and O–H groups in total. The van der Waals surface area contributed by atoms with Gasteiger partial charge in [-0.05, 0) is 12.1 Å². The lowest BCUT2D eigenvalue weighted by molar-refractivity contribution is -0.140. The van der Waals surface area contributed by atoms with Gasteiger partial charge >= 0.3 is 5.97 Å². The molecule has 0 heterocycles. The van der Waals surface area contributed by atoms with Crippen molar-refractivity contribution in [1.29, 1.82) is 0 Å². The minimum absolute atomic E-state index is 0.116. The third-order valence-corrected chi connectivity index (χ3v) is 4.45. The first-order valence-corrected chi connectivity index (χ1v) is 8.02. The van der Waals surface area contributed by atoms with Gasteiger partial charge in [0, 0.05) is 16.9 Å². The number of sulfone groups is 1. The van der Waals surface area contributed by atoms with E-state index in [1.165, 1.54) is 24.9 Å². The maximum absolute atomic E-state index is 11.5. The average Bonchev–Trinajstić information content (AvgIpc) is 2.29. The zero-order chi connectivity index (χ0) is 13.8. The van der Waals surface area contributed by atoms with Crippen molar-refractivity contribution >= 4 is 33.3 Å². The van der Waals surface area contributed by atoms with Crippen LogP contribution in [0.15, 0.2) is 28.0 Å². The number of benzene rings is 1. The predicted octanol–water partition coefficient (Wildman–Crippen LogP) is 1.33. The van der Waals surface area contributed by atoms with Crippen molar-refractivity contribution in [3.63, 3.8) is 0 Å². The number of carbonyl (C=O) groups excluding carboxylic acids is 1. The van der Waals surface area contributed by atoms with Crippen LogP contribution in [-0.2, 0) is 19.4 Å². The Hall–Kier alpha value is -1.21. The van der Waals surface area contributed by atoms with Crippen molar-refractivity contribution in [2.45, 2.75) is 16.2 Å². The lowest BCUT2D eigenvalue weighted by atomic mass is 10.3. The van der Waals surface area contributed by atoms with Gasteiger partial charge in [0.25, 0.3) is 0 Å². The van der Waals surface area contributed by atoms with Crippen LogP contribution in [0.2, 0.25) is 0 Å². The second-order valence-corrected chi connectivity index (χ2v) is 6.74. The highest BCUT2D eigenvalue weighted by Gasteiger charge is 2.14. The second kappa shape index (κ2) is 6.10. The minimum atomic E-state index is -3.33. The number of hydrogen-bond donors (Lipinski definition) is 1. The molecule has 0 aliphatic carbocycles. The van der Waals surface area contributed by atoms with Crippen LogP contribution < -0.4 is 5.73 Å². The lowest BCUT2D eigenvalue weighted by Gasteiger charge is -2.08. The first-order chi connectivity index (χ1) is 8.36. The van der Waals surface area contributed by atoms with Crippen molar-refractivity contribution in [3.05, 3.63) is 18.2 Å². The number of methoxy groups -OCH3 is 1. The molecule has 0 unspecified atom stereocenters. The molecule has 0 aliphatic rings. The van der Waals surface area contributed by atoms with Gasteiger partial charge in [-0.15, -0.1) is 11.8 Å². The highest BCUT2D eigenvalue weighted by molar-refractivity contribution is 7.99. The summed E-state index contributed by atoms with van der Waals surface area (Å²) in [6.45, 7) is 0. The Kier molecular flexibility index (Phi) is 5.03. The first kappa shape index (κ1) is 14.8. The maximum atomic E-state index is 11.5. The lowest BCUT2D eigenvalue weighted by Crippen LogP contribution is -2.04. The van der Waals surface area contributed by atoms with Gasteiger partial charge in [0.05, 0.1) is 24.1 Å². The summed E-state index contributed by atoms with van der Waals surface area (Å²) in [6.07, 6.45) is 1.37. The normalized spacial score (nSPS) is 11.2. The molecule has 0 spiro atoms. The molecule has 0 bridgehead atoms. The fourth-order valence-corrected chi connectivity index (χ4v) is 3.15. The van der Waals surface area contributed by atoms with E-state index in [9.17, 15) is 13.2 Å². The van der Waals surface area contributed by atoms with E-state index in [-0.39, 0.29) is 23.0 Å². The molecule has 1 rings (SSSR count). The van der Waals surface area contributed by atoms with E-state index in [2.05, 4.69) is 4.74 Å². The predicted molar refractivity (Wildman–Crippen MR) is 71.3 cm³/mol. The van der Waals surface area contributed by atoms with E-state index in [1.807, 2.05) is 0 Å². The van der Waals surface area contributed by atoms with Crippen LogP contribution in [0.4, 0.5) is 5.69 Å². The molecule has 0 atom stereocenters. The van der Waals surface area contributed by atoms with E-state index in [4.69, 9.17) is 5.73 Å². The number of nitrogens with two attached hydrogens (primary N) is 1. The van der Waals surface area contributed by atoms with Crippen molar-refractivity contribution in [3.8, 4) is 0 Å². The zero-order valence-electron chi connectivity index (χ0n) is 10.2. The molecule has 100 valence electrons. The number of hydrogen-bond acceptors (Lipinski definition) is 6. The van der Waals surface area contributed by atoms with Crippen molar-refractivity contribution in [1.82, 2.24) is 0 Å². The summed E-state index contributed by atoms with van der Waals surface area (Å²) in [7, 11) is -2.01. The molecule has 1 aromatic carbocycles. The molecular weight excluding hydrogens is 274 g/mol. The molecule has 18 heavy (non-hydrogen) atoms. The fraction of sp³-hybridized carbons (Fsp3) is 0.364. The largest absolute Gasteiger partial charge is 0.469 e. The van der Waals surface area contributed by atoms with Gasteiger partial charge in [0.2, 0.25) is 0 Å². The van der Waals surface area contributed by atoms with Crippen LogP contribution >= 0.6 is 11.8 Å². The van der Waals surface area contributed by atoms with Gasteiger partial charge in [-0.1, -0.05) is 6.07 Å². The van der Waals surface area contributed by atoms with E-state index in [0.29, 0.717) is 10.6 Å². The smallest absolute Gasteiger partial charge is 0.306 e. The Morgan fingerprint density at radius 3 is 2.67 bits per heavy atom. The molecule has 7 heteroatoms. The van der Waals surface area contributed by atoms with Crippen LogP contribution in [0.3, 0.4) is 0 Å². The zero-order valence-corrected chi connectivity index (χ0v) is 11.8. The fourth-order valence-electron chi connectivity index (χ4n) is 1.32. The van der Waals surface area contributed by atoms with Gasteiger partial charge in [-0.2, -0.15) is 0 Å². The van der Waals surface area contributed by atoms with Gasteiger partial charge in [-0.3, -0.25) is 4.79 Å². The summed E-state index contributed by atoms with van der Waals surface area (Å²) in [5.74, 6) is 0.185. The summed E-state index contributed by atoms with van der Waals surface area (Å²) in [5, 5.41) is 0. The Balaban J connectivity index is 2.82. The maximum Gasteiger partial charge on any atom is 0.306 e. The topological polar surface area (TPSA) is 86.5 Å². The SMILES string of the molecule is COC(=O)CCSc1cccc(S(C)(=O)=O)c1N. The molecule has 0 radical (unpaired) electrons. The van der Waals surface area contributed by atoms with Gasteiger partial charge in [-0.25, -0.2) is 8.42 Å². The molecule has 0 amide bonds. The van der Waals surface area contributed by atoms with Crippen molar-refractivity contribution in [2.24, 2.45) is 0 Å². The monoisotopic (exact) mass is 289 g/mol. The quantitative estimate of drug-likeness (QED) is 0.500. The van der Waals surface area contributed by atoms with Gasteiger partial charge in [0.1, 0.15) is 0 Å². The highest BCUT2D eigenvalue weighted by atomic mass is 32.2. The van der Waals surface area contributed by atoms with Crippen LogP contribution in [-0.4, -0.2) is 33.5 Å². The Morgan fingerprint density at radius 2 is 2.11 bits per heavy atom. The Labute approximate surface area is 111 Å². The van der Waals surface area contributed by atoms with Crippen LogP contribution in [0.1, 0.15) is 6.42 Å². The van der Waals surface area contributed by atoms with Crippen molar-refractivity contribution in [2.75, 3.05) is 24.9 Å². The molecular formula is C11H15NO4S2. The molecule has 0 aromatic heterocycles. The standard InChI is InChI=1S/C11H15NO4S2/c1-16-10(13)6-7-17-8-4-3-5-9(11(8)12)18(2,14)15/h3-5H,6-7,12H2,1-2H3. The molecule has 0 fully saturated rings.